The van der Waals surface area contributed by atoms with E-state index in [1.54, 1.807) is 43.3 Å². The van der Waals surface area contributed by atoms with Crippen LogP contribution in [0.25, 0.3) is 0 Å². The van der Waals surface area contributed by atoms with Gasteiger partial charge < -0.3 is 5.32 Å². The van der Waals surface area contributed by atoms with Crippen LogP contribution in [0.1, 0.15) is 49.5 Å². The quantitative estimate of drug-likeness (QED) is 0.648. The Morgan fingerprint density at radius 2 is 1.57 bits per heavy atom. The van der Waals surface area contributed by atoms with Gasteiger partial charge in [0.25, 0.3) is 5.91 Å². The number of nitrogens with one attached hydrogen (secondary N) is 1. The van der Waals surface area contributed by atoms with Gasteiger partial charge in [-0.3, -0.25) is 4.79 Å². The van der Waals surface area contributed by atoms with Gasteiger partial charge in [0.15, 0.2) is 0 Å². The van der Waals surface area contributed by atoms with Crippen LogP contribution in [0, 0.1) is 0 Å². The first-order valence-corrected chi connectivity index (χ1v) is 11.3. The topological polar surface area (TPSA) is 66.5 Å². The molecule has 0 aromatic heterocycles. The lowest BCUT2D eigenvalue weighted by molar-refractivity contribution is 0.0935. The van der Waals surface area contributed by atoms with Crippen LogP contribution in [0.5, 0.6) is 0 Å². The standard InChI is InChI=1S/C21H27ClN2O3S/c1-4-19(5-2)23-21(25)17-9-7-16(8-10-17)15-24(6-3)28(26,27)20-13-11-18(22)12-14-20/h7-14,19H,4-6,15H2,1-3H3,(H,23,25). The zero-order valence-corrected chi connectivity index (χ0v) is 18.1. The number of rotatable bonds is 9. The van der Waals surface area contributed by atoms with Gasteiger partial charge >= 0.3 is 0 Å². The fraction of sp³-hybridized carbons (Fsp3) is 0.381. The van der Waals surface area contributed by atoms with Crippen molar-refractivity contribution in [2.24, 2.45) is 0 Å². The maximum atomic E-state index is 12.9. The Hall–Kier alpha value is -1.89. The van der Waals surface area contributed by atoms with Crippen molar-refractivity contribution in [3.05, 3.63) is 64.7 Å². The number of carbonyl (C=O) groups is 1. The number of nitrogens with zero attached hydrogens (tertiary/aromatic N) is 1. The molecule has 1 amide bonds. The van der Waals surface area contributed by atoms with Crippen molar-refractivity contribution in [3.63, 3.8) is 0 Å². The number of halogens is 1. The lowest BCUT2D eigenvalue weighted by Gasteiger charge is -2.21. The van der Waals surface area contributed by atoms with Crippen LogP contribution in [0.3, 0.4) is 0 Å². The average Bonchev–Trinajstić information content (AvgIpc) is 2.70. The monoisotopic (exact) mass is 422 g/mol. The van der Waals surface area contributed by atoms with Gasteiger partial charge in [-0.1, -0.05) is 44.5 Å². The van der Waals surface area contributed by atoms with Crippen LogP contribution in [0.2, 0.25) is 5.02 Å². The van der Waals surface area contributed by atoms with E-state index in [-0.39, 0.29) is 23.4 Å². The van der Waals surface area contributed by atoms with Crippen LogP contribution in [-0.2, 0) is 16.6 Å². The van der Waals surface area contributed by atoms with Crippen LogP contribution >= 0.6 is 11.6 Å². The summed E-state index contributed by atoms with van der Waals surface area (Å²) in [7, 11) is -3.62. The van der Waals surface area contributed by atoms with Crippen molar-refractivity contribution in [1.82, 2.24) is 9.62 Å². The van der Waals surface area contributed by atoms with Gasteiger partial charge in [0.1, 0.15) is 0 Å². The van der Waals surface area contributed by atoms with E-state index in [1.807, 2.05) is 13.8 Å². The van der Waals surface area contributed by atoms with E-state index in [0.29, 0.717) is 17.1 Å². The molecule has 0 heterocycles. The summed E-state index contributed by atoms with van der Waals surface area (Å²) in [5, 5.41) is 3.49. The van der Waals surface area contributed by atoms with Gasteiger partial charge in [0.05, 0.1) is 4.90 Å². The van der Waals surface area contributed by atoms with Gasteiger partial charge in [-0.25, -0.2) is 8.42 Å². The Morgan fingerprint density at radius 1 is 1.00 bits per heavy atom. The first kappa shape index (κ1) is 22.4. The number of carbonyl (C=O) groups excluding carboxylic acids is 1. The third-order valence-electron chi connectivity index (χ3n) is 4.70. The molecule has 0 unspecified atom stereocenters. The summed E-state index contributed by atoms with van der Waals surface area (Å²) in [5.74, 6) is -0.110. The predicted molar refractivity (Wildman–Crippen MR) is 113 cm³/mol. The minimum atomic E-state index is -3.62. The fourth-order valence-electron chi connectivity index (χ4n) is 2.85. The van der Waals surface area contributed by atoms with Crippen molar-refractivity contribution < 1.29 is 13.2 Å². The molecule has 0 atom stereocenters. The molecule has 1 N–H and O–H groups in total. The highest BCUT2D eigenvalue weighted by atomic mass is 35.5. The summed E-state index contributed by atoms with van der Waals surface area (Å²) >= 11 is 5.85. The van der Waals surface area contributed by atoms with Crippen molar-refractivity contribution >= 4 is 27.5 Å². The van der Waals surface area contributed by atoms with Gasteiger partial charge in [-0.15, -0.1) is 0 Å². The van der Waals surface area contributed by atoms with Crippen LogP contribution in [0.4, 0.5) is 0 Å². The largest absolute Gasteiger partial charge is 0.349 e. The highest BCUT2D eigenvalue weighted by Crippen LogP contribution is 2.20. The molecule has 0 aliphatic carbocycles. The van der Waals surface area contributed by atoms with Gasteiger partial charge in [-0.05, 0) is 54.8 Å². The van der Waals surface area contributed by atoms with Gasteiger partial charge in [-0.2, -0.15) is 4.31 Å². The normalized spacial score (nSPS) is 11.8. The molecule has 2 aromatic carbocycles. The van der Waals surface area contributed by atoms with E-state index in [4.69, 9.17) is 11.6 Å². The first-order valence-electron chi connectivity index (χ1n) is 9.47. The molecule has 0 aliphatic heterocycles. The summed E-state index contributed by atoms with van der Waals surface area (Å²) in [6, 6.07) is 13.4. The molecule has 2 rings (SSSR count). The average molecular weight is 423 g/mol. The number of hydrogen-bond donors (Lipinski definition) is 1. The zero-order chi connectivity index (χ0) is 20.7. The summed E-state index contributed by atoms with van der Waals surface area (Å²) in [5.41, 5.74) is 1.39. The molecule has 2 aromatic rings. The van der Waals surface area contributed by atoms with Crippen molar-refractivity contribution in [2.45, 2.75) is 51.1 Å². The lowest BCUT2D eigenvalue weighted by atomic mass is 10.1. The Balaban J connectivity index is 2.13. The number of benzene rings is 2. The summed E-state index contributed by atoms with van der Waals surface area (Å²) in [4.78, 5) is 12.5. The second kappa shape index (κ2) is 10.0. The summed E-state index contributed by atoms with van der Waals surface area (Å²) < 4.78 is 27.1. The lowest BCUT2D eigenvalue weighted by Crippen LogP contribution is -2.33. The maximum absolute atomic E-state index is 12.9. The Bertz CT molecular complexity index is 877. The molecule has 0 aliphatic rings. The minimum absolute atomic E-state index is 0.110. The smallest absolute Gasteiger partial charge is 0.251 e. The van der Waals surface area contributed by atoms with Gasteiger partial charge in [0.2, 0.25) is 10.0 Å². The molecule has 28 heavy (non-hydrogen) atoms. The molecule has 152 valence electrons. The minimum Gasteiger partial charge on any atom is -0.349 e. The molecule has 0 bridgehead atoms. The van der Waals surface area contributed by atoms with E-state index in [2.05, 4.69) is 5.32 Å². The van der Waals surface area contributed by atoms with Crippen molar-refractivity contribution in [3.8, 4) is 0 Å². The second-order valence-corrected chi connectivity index (χ2v) is 8.94. The molecule has 0 saturated heterocycles. The molecule has 7 heteroatoms. The Kier molecular flexibility index (Phi) is 8.04. The van der Waals surface area contributed by atoms with Crippen molar-refractivity contribution in [2.75, 3.05) is 6.54 Å². The van der Waals surface area contributed by atoms with E-state index in [0.717, 1.165) is 18.4 Å². The molecule has 0 saturated carbocycles. The van der Waals surface area contributed by atoms with Gasteiger partial charge in [0, 0.05) is 29.7 Å². The number of sulfonamides is 1. The Morgan fingerprint density at radius 3 is 2.07 bits per heavy atom. The molecule has 0 fully saturated rings. The van der Waals surface area contributed by atoms with E-state index in [1.165, 1.54) is 16.4 Å². The number of hydrogen-bond acceptors (Lipinski definition) is 3. The van der Waals surface area contributed by atoms with E-state index >= 15 is 0 Å². The third-order valence-corrected chi connectivity index (χ3v) is 6.89. The third kappa shape index (κ3) is 5.56. The highest BCUT2D eigenvalue weighted by molar-refractivity contribution is 7.89. The highest BCUT2D eigenvalue weighted by Gasteiger charge is 2.23. The summed E-state index contributed by atoms with van der Waals surface area (Å²) in [6.45, 7) is 6.44. The molecule has 0 spiro atoms. The Labute approximate surface area is 172 Å². The molecule has 0 radical (unpaired) electrons. The first-order chi connectivity index (χ1) is 13.3. The zero-order valence-electron chi connectivity index (χ0n) is 16.5. The van der Waals surface area contributed by atoms with E-state index in [9.17, 15) is 13.2 Å². The summed E-state index contributed by atoms with van der Waals surface area (Å²) in [6.07, 6.45) is 1.77. The van der Waals surface area contributed by atoms with Crippen LogP contribution in [-0.4, -0.2) is 31.2 Å². The predicted octanol–water partition coefficient (Wildman–Crippen LogP) is 4.47. The van der Waals surface area contributed by atoms with Crippen LogP contribution < -0.4 is 5.32 Å². The SMILES string of the molecule is CCC(CC)NC(=O)c1ccc(CN(CC)S(=O)(=O)c2ccc(Cl)cc2)cc1. The molecule has 5 nitrogen and oxygen atoms in total. The molecular formula is C21H27ClN2O3S. The van der Waals surface area contributed by atoms with E-state index < -0.39 is 10.0 Å². The van der Waals surface area contributed by atoms with Crippen LogP contribution in [0.15, 0.2) is 53.4 Å². The van der Waals surface area contributed by atoms with Crippen molar-refractivity contribution in [1.29, 1.82) is 0 Å². The number of amides is 1. The maximum Gasteiger partial charge on any atom is 0.251 e. The molecular weight excluding hydrogens is 396 g/mol. The second-order valence-electron chi connectivity index (χ2n) is 6.57. The fourth-order valence-corrected chi connectivity index (χ4v) is 4.41.